The van der Waals surface area contributed by atoms with Gasteiger partial charge in [0.1, 0.15) is 0 Å². The van der Waals surface area contributed by atoms with E-state index in [9.17, 15) is 10.1 Å². The lowest BCUT2D eigenvalue weighted by Gasteiger charge is -1.98. The number of aromatic nitrogens is 2. The van der Waals surface area contributed by atoms with Gasteiger partial charge in [-0.3, -0.25) is 10.1 Å². The number of rotatable bonds is 5. The van der Waals surface area contributed by atoms with E-state index in [1.807, 2.05) is 0 Å². The monoisotopic (exact) mass is 254 g/mol. The number of non-ortho nitro benzene ring substituents is 1. The Labute approximate surface area is 102 Å². The van der Waals surface area contributed by atoms with E-state index in [1.165, 1.54) is 12.1 Å². The van der Waals surface area contributed by atoms with Crippen LogP contribution in [0.1, 0.15) is 6.42 Å². The lowest BCUT2D eigenvalue weighted by atomic mass is 10.3. The number of imidazole rings is 1. The molecule has 0 aliphatic heterocycles. The van der Waals surface area contributed by atoms with Crippen molar-refractivity contribution in [2.24, 2.45) is 0 Å². The van der Waals surface area contributed by atoms with E-state index >= 15 is 0 Å². The molecule has 2 N–H and O–H groups in total. The molecular formula is C10H11ClN4O2. The predicted octanol–water partition coefficient (Wildman–Crippen LogP) is 2.51. The van der Waals surface area contributed by atoms with Crippen LogP contribution in [0.2, 0.25) is 0 Å². The first-order chi connectivity index (χ1) is 8.20. The summed E-state index contributed by atoms with van der Waals surface area (Å²) in [4.78, 5) is 17.4. The minimum atomic E-state index is -0.430. The van der Waals surface area contributed by atoms with Crippen molar-refractivity contribution in [2.45, 2.75) is 6.42 Å². The van der Waals surface area contributed by atoms with E-state index in [0.29, 0.717) is 29.4 Å². The zero-order valence-electron chi connectivity index (χ0n) is 8.94. The zero-order chi connectivity index (χ0) is 12.3. The van der Waals surface area contributed by atoms with Crippen LogP contribution in [0.4, 0.5) is 11.6 Å². The van der Waals surface area contributed by atoms with Gasteiger partial charge in [0, 0.05) is 24.6 Å². The van der Waals surface area contributed by atoms with Gasteiger partial charge in [-0.1, -0.05) is 0 Å². The molecule has 17 heavy (non-hydrogen) atoms. The van der Waals surface area contributed by atoms with Gasteiger partial charge in [0.05, 0.1) is 16.0 Å². The molecule has 0 spiro atoms. The highest BCUT2D eigenvalue weighted by atomic mass is 35.5. The van der Waals surface area contributed by atoms with Crippen LogP contribution in [-0.2, 0) is 0 Å². The van der Waals surface area contributed by atoms with Gasteiger partial charge in [0.2, 0.25) is 5.95 Å². The Morgan fingerprint density at radius 2 is 2.35 bits per heavy atom. The fraction of sp³-hybridized carbons (Fsp3) is 0.300. The summed E-state index contributed by atoms with van der Waals surface area (Å²) in [7, 11) is 0. The lowest BCUT2D eigenvalue weighted by molar-refractivity contribution is -0.384. The van der Waals surface area contributed by atoms with E-state index in [4.69, 9.17) is 11.6 Å². The number of H-pyrrole nitrogens is 1. The van der Waals surface area contributed by atoms with Gasteiger partial charge >= 0.3 is 0 Å². The van der Waals surface area contributed by atoms with Gasteiger partial charge in [0.25, 0.3) is 5.69 Å². The summed E-state index contributed by atoms with van der Waals surface area (Å²) in [6.45, 7) is 0.714. The Balaban J connectivity index is 2.21. The number of benzene rings is 1. The molecule has 1 aromatic heterocycles. The number of nitro benzene ring substituents is 1. The van der Waals surface area contributed by atoms with Gasteiger partial charge in [-0.2, -0.15) is 0 Å². The normalized spacial score (nSPS) is 10.6. The standard InChI is InChI=1S/C10H11ClN4O2/c11-4-1-5-12-10-13-8-3-2-7(15(16)17)6-9(8)14-10/h2-3,6H,1,4-5H2,(H2,12,13,14). The van der Waals surface area contributed by atoms with E-state index in [2.05, 4.69) is 15.3 Å². The van der Waals surface area contributed by atoms with Gasteiger partial charge in [-0.05, 0) is 12.5 Å². The van der Waals surface area contributed by atoms with Crippen molar-refractivity contribution in [3.8, 4) is 0 Å². The molecule has 0 bridgehead atoms. The van der Waals surface area contributed by atoms with Crippen molar-refractivity contribution in [1.82, 2.24) is 9.97 Å². The molecule has 0 atom stereocenters. The van der Waals surface area contributed by atoms with Crippen molar-refractivity contribution in [3.63, 3.8) is 0 Å². The number of hydrogen-bond acceptors (Lipinski definition) is 4. The van der Waals surface area contributed by atoms with Crippen LogP contribution in [0.3, 0.4) is 0 Å². The quantitative estimate of drug-likeness (QED) is 0.372. The molecule has 0 fully saturated rings. The minimum Gasteiger partial charge on any atom is -0.356 e. The molecule has 0 saturated heterocycles. The maximum absolute atomic E-state index is 10.6. The predicted molar refractivity (Wildman–Crippen MR) is 66.6 cm³/mol. The Morgan fingerprint density at radius 3 is 3.06 bits per heavy atom. The molecule has 0 aliphatic rings. The minimum absolute atomic E-state index is 0.0495. The third-order valence-electron chi connectivity index (χ3n) is 2.28. The van der Waals surface area contributed by atoms with Gasteiger partial charge in [-0.25, -0.2) is 4.98 Å². The average molecular weight is 255 g/mol. The van der Waals surface area contributed by atoms with Crippen LogP contribution >= 0.6 is 11.6 Å². The zero-order valence-corrected chi connectivity index (χ0v) is 9.70. The van der Waals surface area contributed by atoms with Crippen LogP contribution in [0, 0.1) is 10.1 Å². The van der Waals surface area contributed by atoms with Crippen molar-refractivity contribution >= 4 is 34.3 Å². The molecule has 7 heteroatoms. The van der Waals surface area contributed by atoms with Gasteiger partial charge in [0.15, 0.2) is 0 Å². The maximum atomic E-state index is 10.6. The molecule has 1 heterocycles. The number of alkyl halides is 1. The van der Waals surface area contributed by atoms with E-state index in [0.717, 1.165) is 6.42 Å². The van der Waals surface area contributed by atoms with Gasteiger partial charge in [-0.15, -0.1) is 11.6 Å². The molecule has 0 saturated carbocycles. The van der Waals surface area contributed by atoms with E-state index in [1.54, 1.807) is 6.07 Å². The van der Waals surface area contributed by atoms with E-state index in [-0.39, 0.29) is 5.69 Å². The molecule has 0 amide bonds. The number of nitro groups is 1. The Morgan fingerprint density at radius 1 is 1.53 bits per heavy atom. The van der Waals surface area contributed by atoms with Crippen molar-refractivity contribution in [1.29, 1.82) is 0 Å². The Bertz CT molecular complexity index is 540. The third-order valence-corrected chi connectivity index (χ3v) is 2.55. The summed E-state index contributed by atoms with van der Waals surface area (Å²) >= 11 is 5.56. The van der Waals surface area contributed by atoms with Crippen LogP contribution in [0.25, 0.3) is 11.0 Å². The fourth-order valence-corrected chi connectivity index (χ4v) is 1.60. The second-order valence-electron chi connectivity index (χ2n) is 3.51. The second kappa shape index (κ2) is 5.01. The SMILES string of the molecule is O=[N+]([O-])c1ccc2nc(NCCCCl)[nH]c2c1. The summed E-state index contributed by atoms with van der Waals surface area (Å²) in [5, 5.41) is 13.7. The lowest BCUT2D eigenvalue weighted by Crippen LogP contribution is -2.02. The second-order valence-corrected chi connectivity index (χ2v) is 3.89. The fourth-order valence-electron chi connectivity index (χ4n) is 1.47. The number of hydrogen-bond donors (Lipinski definition) is 2. The Hall–Kier alpha value is -1.82. The first kappa shape index (κ1) is 11.7. The number of aromatic amines is 1. The maximum Gasteiger partial charge on any atom is 0.271 e. The number of anilines is 1. The van der Waals surface area contributed by atoms with Crippen LogP contribution in [0.5, 0.6) is 0 Å². The molecule has 6 nitrogen and oxygen atoms in total. The third kappa shape index (κ3) is 2.65. The molecule has 0 radical (unpaired) electrons. The number of nitrogens with one attached hydrogen (secondary N) is 2. The summed E-state index contributed by atoms with van der Waals surface area (Å²) in [5.74, 6) is 1.18. The average Bonchev–Trinajstić information content (AvgIpc) is 2.70. The van der Waals surface area contributed by atoms with Crippen molar-refractivity contribution in [2.75, 3.05) is 17.7 Å². The molecule has 2 aromatic rings. The van der Waals surface area contributed by atoms with Crippen LogP contribution < -0.4 is 5.32 Å². The summed E-state index contributed by atoms with van der Waals surface area (Å²) < 4.78 is 0. The molecule has 0 aliphatic carbocycles. The van der Waals surface area contributed by atoms with Crippen LogP contribution in [0.15, 0.2) is 18.2 Å². The highest BCUT2D eigenvalue weighted by Gasteiger charge is 2.09. The van der Waals surface area contributed by atoms with Gasteiger partial charge < -0.3 is 10.3 Å². The smallest absolute Gasteiger partial charge is 0.271 e. The number of fused-ring (bicyclic) bond motifs is 1. The number of halogens is 1. The van der Waals surface area contributed by atoms with Crippen molar-refractivity contribution < 1.29 is 4.92 Å². The van der Waals surface area contributed by atoms with Crippen LogP contribution in [-0.4, -0.2) is 27.3 Å². The first-order valence-corrected chi connectivity index (χ1v) is 5.68. The molecule has 2 rings (SSSR count). The summed E-state index contributed by atoms with van der Waals surface area (Å²) in [6.07, 6.45) is 0.832. The highest BCUT2D eigenvalue weighted by Crippen LogP contribution is 2.20. The van der Waals surface area contributed by atoms with E-state index < -0.39 is 4.92 Å². The van der Waals surface area contributed by atoms with Crippen molar-refractivity contribution in [3.05, 3.63) is 28.3 Å². The molecule has 90 valence electrons. The number of nitrogens with zero attached hydrogens (tertiary/aromatic N) is 2. The summed E-state index contributed by atoms with van der Waals surface area (Å²) in [6, 6.07) is 4.53. The topological polar surface area (TPSA) is 83.8 Å². The summed E-state index contributed by atoms with van der Waals surface area (Å²) in [5.41, 5.74) is 1.39. The molecular weight excluding hydrogens is 244 g/mol. The Kier molecular flexibility index (Phi) is 3.43. The largest absolute Gasteiger partial charge is 0.356 e. The first-order valence-electron chi connectivity index (χ1n) is 5.14. The molecule has 0 unspecified atom stereocenters. The highest BCUT2D eigenvalue weighted by molar-refractivity contribution is 6.17. The molecule has 1 aromatic carbocycles.